The lowest BCUT2D eigenvalue weighted by molar-refractivity contribution is -0.143. The van der Waals surface area contributed by atoms with Crippen molar-refractivity contribution in [3.8, 4) is 0 Å². The quantitative estimate of drug-likeness (QED) is 0.650. The van der Waals surface area contributed by atoms with Gasteiger partial charge >= 0.3 is 5.97 Å². The van der Waals surface area contributed by atoms with Crippen molar-refractivity contribution in [1.29, 1.82) is 0 Å². The molecule has 0 saturated carbocycles. The van der Waals surface area contributed by atoms with E-state index in [0.29, 0.717) is 6.54 Å². The minimum absolute atomic E-state index is 0.301. The van der Waals surface area contributed by atoms with E-state index in [1.54, 1.807) is 24.4 Å². The lowest BCUT2D eigenvalue weighted by atomic mass is 9.76. The van der Waals surface area contributed by atoms with Gasteiger partial charge in [-0.3, -0.25) is 9.79 Å². The third-order valence-electron chi connectivity index (χ3n) is 2.36. The van der Waals surface area contributed by atoms with Crippen LogP contribution in [0.3, 0.4) is 0 Å². The van der Waals surface area contributed by atoms with Crippen LogP contribution < -0.4 is 0 Å². The second kappa shape index (κ2) is 2.69. The fourth-order valence-corrected chi connectivity index (χ4v) is 1.56. The molecule has 3 heteroatoms. The number of hydrogen-bond donors (Lipinski definition) is 1. The predicted molar refractivity (Wildman–Crippen MR) is 49.8 cm³/mol. The molecule has 0 aromatic rings. The van der Waals surface area contributed by atoms with E-state index in [9.17, 15) is 4.79 Å². The zero-order valence-electron chi connectivity index (χ0n) is 6.97. The van der Waals surface area contributed by atoms with E-state index in [0.717, 1.165) is 5.57 Å². The molecule has 0 bridgehead atoms. The van der Waals surface area contributed by atoms with Gasteiger partial charge in [0, 0.05) is 6.21 Å². The zero-order chi connectivity index (χ0) is 9.31. The van der Waals surface area contributed by atoms with Crippen LogP contribution >= 0.6 is 0 Å². The lowest BCUT2D eigenvalue weighted by Gasteiger charge is -2.29. The molecule has 1 aliphatic carbocycles. The molecule has 0 fully saturated rings. The number of hydrogen-bond acceptors (Lipinski definition) is 2. The molecule has 0 saturated heterocycles. The van der Waals surface area contributed by atoms with Gasteiger partial charge in [0.1, 0.15) is 5.41 Å². The van der Waals surface area contributed by atoms with Crippen molar-refractivity contribution in [2.24, 2.45) is 10.4 Å². The summed E-state index contributed by atoms with van der Waals surface area (Å²) >= 11 is 0. The van der Waals surface area contributed by atoms with E-state index in [4.69, 9.17) is 5.11 Å². The monoisotopic (exact) mass is 175 g/mol. The first-order valence-corrected chi connectivity index (χ1v) is 4.06. The highest BCUT2D eigenvalue weighted by molar-refractivity contribution is 5.88. The van der Waals surface area contributed by atoms with E-state index in [-0.39, 0.29) is 0 Å². The predicted octanol–water partition coefficient (Wildman–Crippen LogP) is 1.19. The highest BCUT2D eigenvalue weighted by Crippen LogP contribution is 2.35. The van der Waals surface area contributed by atoms with Crippen molar-refractivity contribution in [3.63, 3.8) is 0 Å². The van der Waals surface area contributed by atoms with Gasteiger partial charge in [-0.2, -0.15) is 0 Å². The van der Waals surface area contributed by atoms with Gasteiger partial charge in [0.15, 0.2) is 0 Å². The number of aliphatic carboxylic acids is 1. The summed E-state index contributed by atoms with van der Waals surface area (Å²) in [7, 11) is 0. The van der Waals surface area contributed by atoms with Crippen molar-refractivity contribution in [3.05, 3.63) is 36.0 Å². The third kappa shape index (κ3) is 1.04. The molecule has 2 rings (SSSR count). The van der Waals surface area contributed by atoms with Crippen LogP contribution in [-0.2, 0) is 4.79 Å². The Kier molecular flexibility index (Phi) is 1.65. The summed E-state index contributed by atoms with van der Waals surface area (Å²) in [6.07, 6.45) is 10.5. The average molecular weight is 175 g/mol. The molecule has 1 aliphatic heterocycles. The van der Waals surface area contributed by atoms with Crippen molar-refractivity contribution < 1.29 is 9.90 Å². The summed E-state index contributed by atoms with van der Waals surface area (Å²) in [5.41, 5.74) is -0.110. The van der Waals surface area contributed by atoms with Gasteiger partial charge < -0.3 is 5.11 Å². The Morgan fingerprint density at radius 3 is 3.08 bits per heavy atom. The van der Waals surface area contributed by atoms with Crippen molar-refractivity contribution in [2.45, 2.75) is 0 Å². The van der Waals surface area contributed by atoms with Crippen LogP contribution in [0.1, 0.15) is 0 Å². The summed E-state index contributed by atoms with van der Waals surface area (Å²) in [6, 6.07) is 0. The van der Waals surface area contributed by atoms with E-state index in [1.165, 1.54) is 0 Å². The Morgan fingerprint density at radius 2 is 2.38 bits per heavy atom. The molecule has 3 nitrogen and oxygen atoms in total. The van der Waals surface area contributed by atoms with Crippen LogP contribution in [0.5, 0.6) is 0 Å². The highest BCUT2D eigenvalue weighted by atomic mass is 16.4. The van der Waals surface area contributed by atoms with Crippen molar-refractivity contribution >= 4 is 12.2 Å². The number of nitrogens with zero attached hydrogens (tertiary/aromatic N) is 1. The van der Waals surface area contributed by atoms with E-state index in [1.807, 2.05) is 12.2 Å². The number of aliphatic imine (C=N–C) groups is 1. The molecule has 1 heterocycles. The molecule has 1 atom stereocenters. The van der Waals surface area contributed by atoms with Gasteiger partial charge in [0.05, 0.1) is 6.54 Å². The second-order valence-electron chi connectivity index (χ2n) is 3.11. The minimum Gasteiger partial charge on any atom is -0.480 e. The molecule has 0 aromatic carbocycles. The molecule has 2 aliphatic rings. The van der Waals surface area contributed by atoms with Crippen LogP contribution in [0.2, 0.25) is 0 Å². The molecule has 1 N–H and O–H groups in total. The van der Waals surface area contributed by atoms with Gasteiger partial charge in [-0.05, 0) is 11.6 Å². The Bertz CT molecular complexity index is 363. The Hall–Kier alpha value is -1.64. The number of carbonyl (C=O) groups is 1. The molecule has 66 valence electrons. The van der Waals surface area contributed by atoms with E-state index < -0.39 is 11.4 Å². The summed E-state index contributed by atoms with van der Waals surface area (Å²) in [6.45, 7) is 0.301. The maximum absolute atomic E-state index is 11.1. The molecule has 1 unspecified atom stereocenters. The molecule has 0 aromatic heterocycles. The Morgan fingerprint density at radius 1 is 1.54 bits per heavy atom. The average Bonchev–Trinajstić information content (AvgIpc) is 2.17. The fourth-order valence-electron chi connectivity index (χ4n) is 1.56. The number of fused-ring (bicyclic) bond motifs is 1. The van der Waals surface area contributed by atoms with Gasteiger partial charge in [-0.25, -0.2) is 0 Å². The minimum atomic E-state index is -0.913. The SMILES string of the molecule is O=C(O)C12C=CC=CC1=CC=NC2. The first-order valence-electron chi connectivity index (χ1n) is 4.06. The first kappa shape index (κ1) is 7.98. The lowest BCUT2D eigenvalue weighted by Crippen LogP contribution is -2.36. The van der Waals surface area contributed by atoms with Gasteiger partial charge in [0.25, 0.3) is 0 Å². The smallest absolute Gasteiger partial charge is 0.319 e. The Labute approximate surface area is 75.8 Å². The summed E-state index contributed by atoms with van der Waals surface area (Å²) in [5, 5.41) is 9.12. The number of allylic oxidation sites excluding steroid dienone is 4. The number of carboxylic acids is 1. The van der Waals surface area contributed by atoms with Gasteiger partial charge in [-0.1, -0.05) is 24.3 Å². The van der Waals surface area contributed by atoms with Gasteiger partial charge in [-0.15, -0.1) is 0 Å². The van der Waals surface area contributed by atoms with E-state index in [2.05, 4.69) is 4.99 Å². The van der Waals surface area contributed by atoms with Crippen LogP contribution in [0.4, 0.5) is 0 Å². The normalized spacial score (nSPS) is 29.7. The Balaban J connectivity index is 2.51. The molecule has 0 radical (unpaired) electrons. The van der Waals surface area contributed by atoms with Gasteiger partial charge in [0.2, 0.25) is 0 Å². The van der Waals surface area contributed by atoms with Crippen LogP contribution in [0, 0.1) is 5.41 Å². The third-order valence-corrected chi connectivity index (χ3v) is 2.36. The second-order valence-corrected chi connectivity index (χ2v) is 3.11. The molecular weight excluding hydrogens is 166 g/mol. The summed E-state index contributed by atoms with van der Waals surface area (Å²) in [5.74, 6) is -0.837. The maximum atomic E-state index is 11.1. The first-order chi connectivity index (χ1) is 6.26. The van der Waals surface area contributed by atoms with Crippen molar-refractivity contribution in [1.82, 2.24) is 0 Å². The fraction of sp³-hybridized carbons (Fsp3) is 0.200. The standard InChI is InChI=1S/C10H9NO2/c12-9(13)10-5-2-1-3-8(10)4-6-11-7-10/h1-6H,7H2,(H,12,13). The van der Waals surface area contributed by atoms with Crippen LogP contribution in [0.25, 0.3) is 0 Å². The molecule has 0 spiro atoms. The van der Waals surface area contributed by atoms with Crippen LogP contribution in [0.15, 0.2) is 40.9 Å². The summed E-state index contributed by atoms with van der Waals surface area (Å²) < 4.78 is 0. The highest BCUT2D eigenvalue weighted by Gasteiger charge is 2.40. The molecular formula is C10H9NO2. The van der Waals surface area contributed by atoms with Crippen LogP contribution in [-0.4, -0.2) is 23.8 Å². The summed E-state index contributed by atoms with van der Waals surface area (Å²) in [4.78, 5) is 15.1. The number of dihydropyridines is 1. The molecule has 13 heavy (non-hydrogen) atoms. The molecule has 0 amide bonds. The van der Waals surface area contributed by atoms with E-state index >= 15 is 0 Å². The maximum Gasteiger partial charge on any atom is 0.319 e. The topological polar surface area (TPSA) is 49.7 Å². The zero-order valence-corrected chi connectivity index (χ0v) is 6.97. The number of carboxylic acid groups (broad SMARTS) is 1. The number of rotatable bonds is 1. The largest absolute Gasteiger partial charge is 0.480 e. The van der Waals surface area contributed by atoms with Crippen molar-refractivity contribution in [2.75, 3.05) is 6.54 Å².